The molecule has 47 heavy (non-hydrogen) atoms. The molecule has 1 aliphatic heterocycles. The van der Waals surface area contributed by atoms with Gasteiger partial charge in [0.1, 0.15) is 23.3 Å². The zero-order valence-corrected chi connectivity index (χ0v) is 26.2. The Morgan fingerprint density at radius 2 is 1.72 bits per heavy atom. The molecule has 0 unspecified atom stereocenters. The number of amides is 3. The highest BCUT2D eigenvalue weighted by molar-refractivity contribution is 6.09. The molecule has 3 aromatic carbocycles. The number of benzene rings is 3. The van der Waals surface area contributed by atoms with Crippen LogP contribution in [0.3, 0.4) is 0 Å². The van der Waals surface area contributed by atoms with E-state index in [4.69, 9.17) is 15.7 Å². The molecule has 1 aliphatic rings. The number of nitrogens with zero attached hydrogens (tertiary/aromatic N) is 5. The van der Waals surface area contributed by atoms with Crippen molar-refractivity contribution in [1.82, 2.24) is 14.7 Å². The molecule has 0 aliphatic carbocycles. The fourth-order valence-corrected chi connectivity index (χ4v) is 4.52. The number of halogens is 3. The number of nitrogens with two attached hydrogens (primary N) is 1. The first-order valence-electron chi connectivity index (χ1n) is 14.1. The van der Waals surface area contributed by atoms with Gasteiger partial charge in [0.15, 0.2) is 0 Å². The summed E-state index contributed by atoms with van der Waals surface area (Å²) < 4.78 is 48.9. The minimum Gasteiger partial charge on any atom is -0.495 e. The SMILES string of the molecule is CN(C)CC(N)=O.COc1ccc(C)cc1C#N.O=CNc1cnn2c1C(=O)N(c1ccc(C(F)(F)c3ccc(F)cc3)cc1)CC2. The van der Waals surface area contributed by atoms with Crippen molar-refractivity contribution < 1.29 is 32.3 Å². The topological polar surface area (TPSA) is 147 Å². The fraction of sp³-hybridized carbons (Fsp3) is 0.242. The van der Waals surface area contributed by atoms with E-state index in [9.17, 15) is 27.6 Å². The lowest BCUT2D eigenvalue weighted by Gasteiger charge is -2.28. The van der Waals surface area contributed by atoms with Crippen molar-refractivity contribution in [2.45, 2.75) is 19.4 Å². The van der Waals surface area contributed by atoms with E-state index in [1.807, 2.05) is 13.0 Å². The first kappa shape index (κ1) is 35.8. The summed E-state index contributed by atoms with van der Waals surface area (Å²) in [5.41, 5.74) is 6.83. The number of hydrogen-bond donors (Lipinski definition) is 2. The Morgan fingerprint density at radius 3 is 2.23 bits per heavy atom. The van der Waals surface area contributed by atoms with Gasteiger partial charge in [-0.15, -0.1) is 0 Å². The number of nitriles is 1. The van der Waals surface area contributed by atoms with Crippen LogP contribution >= 0.6 is 0 Å². The first-order valence-corrected chi connectivity index (χ1v) is 14.1. The van der Waals surface area contributed by atoms with E-state index in [0.29, 0.717) is 43.0 Å². The van der Waals surface area contributed by atoms with Crippen LogP contribution in [0.15, 0.2) is 72.9 Å². The lowest BCUT2D eigenvalue weighted by Crippen LogP contribution is -2.40. The van der Waals surface area contributed by atoms with Gasteiger partial charge < -0.3 is 25.6 Å². The van der Waals surface area contributed by atoms with Crippen molar-refractivity contribution in [2.75, 3.05) is 44.5 Å². The number of carbonyl (C=O) groups excluding carboxylic acids is 3. The van der Waals surface area contributed by atoms with Crippen LogP contribution < -0.4 is 20.7 Å². The molecule has 0 fully saturated rings. The smallest absolute Gasteiger partial charge is 0.298 e. The standard InChI is InChI=1S/C20H15F3N4O2.C9H9NO.C4H10N2O/c21-15-5-1-13(2-6-15)20(22,23)14-3-7-16(8-4-14)26-9-10-27-18(19(26)29)17(11-25-27)24-12-28;1-7-3-4-9(11-2)8(5-7)6-10;1-6(2)3-4(5)7/h1-8,11-12H,9-10H2,(H,24,28);3-5H,1-2H3;3H2,1-2H3,(H2,5,7). The van der Waals surface area contributed by atoms with Gasteiger partial charge in [0.05, 0.1) is 37.6 Å². The summed E-state index contributed by atoms with van der Waals surface area (Å²) in [5, 5.41) is 15.1. The average Bonchev–Trinajstić information content (AvgIpc) is 3.45. The van der Waals surface area contributed by atoms with Gasteiger partial charge in [-0.3, -0.25) is 19.1 Å². The molecule has 4 aromatic rings. The predicted octanol–water partition coefficient (Wildman–Crippen LogP) is 4.30. The summed E-state index contributed by atoms with van der Waals surface area (Å²) in [5.74, 6) is -3.94. The second kappa shape index (κ2) is 16.1. The Bertz CT molecular complexity index is 1730. The summed E-state index contributed by atoms with van der Waals surface area (Å²) in [4.78, 5) is 36.7. The lowest BCUT2D eigenvalue weighted by atomic mass is 10.00. The van der Waals surface area contributed by atoms with Gasteiger partial charge in [0, 0.05) is 23.4 Å². The van der Waals surface area contributed by atoms with Crippen molar-refractivity contribution in [3.05, 3.63) is 107 Å². The maximum absolute atomic E-state index is 14.7. The molecule has 2 heterocycles. The normalized spacial score (nSPS) is 12.1. The van der Waals surface area contributed by atoms with Crippen molar-refractivity contribution >= 4 is 29.6 Å². The number of methoxy groups -OCH3 is 1. The molecule has 0 radical (unpaired) electrons. The lowest BCUT2D eigenvalue weighted by molar-refractivity contribution is -0.118. The minimum absolute atomic E-state index is 0.226. The number of aryl methyl sites for hydroxylation is 1. The third kappa shape index (κ3) is 9.18. The van der Waals surface area contributed by atoms with Crippen molar-refractivity contribution in [3.63, 3.8) is 0 Å². The van der Waals surface area contributed by atoms with E-state index in [0.717, 1.165) is 29.8 Å². The van der Waals surface area contributed by atoms with Crippen LogP contribution in [0.2, 0.25) is 0 Å². The number of hydrogen-bond acceptors (Lipinski definition) is 7. The molecule has 0 spiro atoms. The van der Waals surface area contributed by atoms with Gasteiger partial charge in [-0.1, -0.05) is 18.2 Å². The van der Waals surface area contributed by atoms with Gasteiger partial charge in [-0.25, -0.2) is 4.39 Å². The largest absolute Gasteiger partial charge is 0.495 e. The van der Waals surface area contributed by atoms with Gasteiger partial charge in [0.25, 0.3) is 11.8 Å². The maximum atomic E-state index is 14.7. The van der Waals surface area contributed by atoms with Crippen LogP contribution in [0.5, 0.6) is 5.75 Å². The van der Waals surface area contributed by atoms with Gasteiger partial charge in [-0.2, -0.15) is 19.1 Å². The van der Waals surface area contributed by atoms with Crippen LogP contribution in [-0.4, -0.2) is 67.2 Å². The van der Waals surface area contributed by atoms with Gasteiger partial charge in [0.2, 0.25) is 12.3 Å². The molecule has 0 bridgehead atoms. The molecule has 3 N–H and O–H groups in total. The van der Waals surface area contributed by atoms with E-state index in [1.54, 1.807) is 38.2 Å². The molecule has 14 heteroatoms. The molecule has 5 rings (SSSR count). The fourth-order valence-electron chi connectivity index (χ4n) is 4.52. The zero-order valence-electron chi connectivity index (χ0n) is 26.2. The zero-order chi connectivity index (χ0) is 34.7. The molecule has 246 valence electrons. The molecular formula is C33H34F3N7O4. The van der Waals surface area contributed by atoms with Crippen LogP contribution in [-0.2, 0) is 22.1 Å². The highest BCUT2D eigenvalue weighted by Gasteiger charge is 2.35. The number of fused-ring (bicyclic) bond motifs is 1. The highest BCUT2D eigenvalue weighted by Crippen LogP contribution is 2.37. The minimum atomic E-state index is -3.31. The number of ether oxygens (including phenoxy) is 1. The molecule has 3 amide bonds. The molecule has 0 saturated carbocycles. The van der Waals surface area contributed by atoms with Crippen LogP contribution in [0, 0.1) is 24.1 Å². The third-order valence-electron chi connectivity index (χ3n) is 6.73. The summed E-state index contributed by atoms with van der Waals surface area (Å²) in [6.07, 6.45) is 1.84. The van der Waals surface area contributed by atoms with E-state index in [2.05, 4.69) is 16.5 Å². The van der Waals surface area contributed by atoms with Crippen molar-refractivity contribution in [2.24, 2.45) is 5.73 Å². The quantitative estimate of drug-likeness (QED) is 0.271. The van der Waals surface area contributed by atoms with E-state index in [1.165, 1.54) is 40.0 Å². The van der Waals surface area contributed by atoms with Crippen LogP contribution in [0.25, 0.3) is 0 Å². The van der Waals surface area contributed by atoms with Crippen LogP contribution in [0.1, 0.15) is 32.7 Å². The van der Waals surface area contributed by atoms with E-state index < -0.39 is 17.6 Å². The predicted molar refractivity (Wildman–Crippen MR) is 170 cm³/mol. The second-order valence-electron chi connectivity index (χ2n) is 10.5. The number of rotatable bonds is 8. The Hall–Kier alpha value is -5.68. The molecular weight excluding hydrogens is 615 g/mol. The van der Waals surface area contributed by atoms with Crippen LogP contribution in [0.4, 0.5) is 24.5 Å². The summed E-state index contributed by atoms with van der Waals surface area (Å²) >= 11 is 0. The summed E-state index contributed by atoms with van der Waals surface area (Å²) in [6, 6.07) is 17.0. The van der Waals surface area contributed by atoms with Gasteiger partial charge >= 0.3 is 0 Å². The number of nitrogens with one attached hydrogen (secondary N) is 1. The average molecular weight is 650 g/mol. The number of carbonyl (C=O) groups is 3. The second-order valence-corrected chi connectivity index (χ2v) is 10.5. The summed E-state index contributed by atoms with van der Waals surface area (Å²) in [7, 11) is 5.15. The van der Waals surface area contributed by atoms with E-state index in [-0.39, 0.29) is 28.4 Å². The first-order chi connectivity index (χ1) is 22.3. The number of likely N-dealkylation sites (N-methyl/N-ethyl adjacent to an activating group) is 1. The van der Waals surface area contributed by atoms with Crippen molar-refractivity contribution in [1.29, 1.82) is 5.26 Å². The third-order valence-corrected chi connectivity index (χ3v) is 6.73. The molecule has 1 aromatic heterocycles. The Kier molecular flexibility index (Phi) is 12.2. The molecule has 11 nitrogen and oxygen atoms in total. The maximum Gasteiger partial charge on any atom is 0.298 e. The number of alkyl halides is 2. The van der Waals surface area contributed by atoms with Gasteiger partial charge in [-0.05, 0) is 75.1 Å². The number of anilines is 2. The summed E-state index contributed by atoms with van der Waals surface area (Å²) in [6.45, 7) is 2.98. The molecule has 0 saturated heterocycles. The Labute approximate surface area is 269 Å². The number of primary amides is 1. The van der Waals surface area contributed by atoms with Crippen molar-refractivity contribution in [3.8, 4) is 11.8 Å². The Balaban J connectivity index is 0.000000274. The monoisotopic (exact) mass is 649 g/mol. The molecule has 0 atom stereocenters. The van der Waals surface area contributed by atoms with E-state index >= 15 is 0 Å². The Morgan fingerprint density at radius 1 is 1.11 bits per heavy atom. The number of aromatic nitrogens is 2. The highest BCUT2D eigenvalue weighted by atomic mass is 19.3.